The zero-order valence-electron chi connectivity index (χ0n) is 16.5. The lowest BCUT2D eigenvalue weighted by molar-refractivity contribution is 0.00966. The van der Waals surface area contributed by atoms with Crippen molar-refractivity contribution in [2.24, 2.45) is 5.73 Å². The summed E-state index contributed by atoms with van der Waals surface area (Å²) in [4.78, 5) is 16.5. The second-order valence-electron chi connectivity index (χ2n) is 7.72. The Morgan fingerprint density at radius 1 is 1.15 bits per heavy atom. The van der Waals surface area contributed by atoms with Crippen LogP contribution in [-0.4, -0.2) is 61.3 Å². The molecule has 6 nitrogen and oxygen atoms in total. The summed E-state index contributed by atoms with van der Waals surface area (Å²) in [5.74, 6) is 0.862. The maximum Gasteiger partial charge on any atom is 0.410 e. The summed E-state index contributed by atoms with van der Waals surface area (Å²) in [6.45, 7) is 9.41. The van der Waals surface area contributed by atoms with E-state index in [0.717, 1.165) is 31.7 Å². The molecule has 1 saturated heterocycles. The molecular weight excluding hydrogens is 330 g/mol. The molecule has 1 aromatic carbocycles. The number of benzene rings is 1. The van der Waals surface area contributed by atoms with Crippen LogP contribution in [0.3, 0.4) is 0 Å². The molecule has 1 aromatic rings. The van der Waals surface area contributed by atoms with E-state index in [1.807, 2.05) is 32.9 Å². The Bertz CT molecular complexity index is 561. The van der Waals surface area contributed by atoms with Gasteiger partial charge in [-0.2, -0.15) is 0 Å². The van der Waals surface area contributed by atoms with Crippen LogP contribution in [0.25, 0.3) is 0 Å². The number of nitrogens with two attached hydrogens (primary N) is 1. The van der Waals surface area contributed by atoms with Gasteiger partial charge in [0.1, 0.15) is 11.4 Å². The Balaban J connectivity index is 2.00. The Labute approximate surface area is 157 Å². The molecule has 0 aliphatic carbocycles. The Morgan fingerprint density at radius 3 is 2.27 bits per heavy atom. The topological polar surface area (TPSA) is 68.0 Å². The van der Waals surface area contributed by atoms with Gasteiger partial charge < -0.3 is 20.1 Å². The molecule has 2 N–H and O–H groups in total. The van der Waals surface area contributed by atoms with Gasteiger partial charge in [0, 0.05) is 32.2 Å². The SMILES string of the molecule is COc1ccc(C(CCCN)N2CCN(C(=O)OC(C)(C)C)CC2)cc1. The van der Waals surface area contributed by atoms with Crippen LogP contribution in [0.1, 0.15) is 45.2 Å². The molecule has 6 heteroatoms. The summed E-state index contributed by atoms with van der Waals surface area (Å²) in [5.41, 5.74) is 6.55. The van der Waals surface area contributed by atoms with Gasteiger partial charge in [0.2, 0.25) is 0 Å². The lowest BCUT2D eigenvalue weighted by atomic mass is 9.99. The summed E-state index contributed by atoms with van der Waals surface area (Å²) in [7, 11) is 1.68. The molecule has 26 heavy (non-hydrogen) atoms. The summed E-state index contributed by atoms with van der Waals surface area (Å²) in [6.07, 6.45) is 1.76. The van der Waals surface area contributed by atoms with Crippen LogP contribution in [0, 0.1) is 0 Å². The van der Waals surface area contributed by atoms with E-state index < -0.39 is 5.60 Å². The Kier molecular flexibility index (Phi) is 7.29. The molecule has 1 heterocycles. The van der Waals surface area contributed by atoms with E-state index >= 15 is 0 Å². The van der Waals surface area contributed by atoms with Crippen molar-refractivity contribution in [1.29, 1.82) is 0 Å². The predicted molar refractivity (Wildman–Crippen MR) is 103 cm³/mol. The first-order valence-electron chi connectivity index (χ1n) is 9.40. The summed E-state index contributed by atoms with van der Waals surface area (Å²) in [6, 6.07) is 8.56. The highest BCUT2D eigenvalue weighted by Crippen LogP contribution is 2.28. The van der Waals surface area contributed by atoms with Crippen LogP contribution < -0.4 is 10.5 Å². The average molecular weight is 364 g/mol. The molecule has 1 unspecified atom stereocenters. The van der Waals surface area contributed by atoms with Crippen molar-refractivity contribution in [3.63, 3.8) is 0 Å². The fourth-order valence-corrected chi connectivity index (χ4v) is 3.24. The van der Waals surface area contributed by atoms with Crippen molar-refractivity contribution < 1.29 is 14.3 Å². The number of carbonyl (C=O) groups excluding carboxylic acids is 1. The van der Waals surface area contributed by atoms with Gasteiger partial charge in [-0.25, -0.2) is 4.79 Å². The van der Waals surface area contributed by atoms with Crippen LogP contribution in [0.5, 0.6) is 5.75 Å². The number of piperazine rings is 1. The zero-order valence-corrected chi connectivity index (χ0v) is 16.5. The third-order valence-electron chi connectivity index (χ3n) is 4.59. The maximum absolute atomic E-state index is 12.3. The molecule has 1 fully saturated rings. The molecule has 0 spiro atoms. The number of hydrogen-bond donors (Lipinski definition) is 1. The Morgan fingerprint density at radius 2 is 1.77 bits per heavy atom. The summed E-state index contributed by atoms with van der Waals surface area (Å²) in [5, 5.41) is 0. The molecule has 0 bridgehead atoms. The van der Waals surface area contributed by atoms with Crippen LogP contribution in [0.2, 0.25) is 0 Å². The molecule has 1 aliphatic rings. The van der Waals surface area contributed by atoms with Gasteiger partial charge in [-0.05, 0) is 57.9 Å². The van der Waals surface area contributed by atoms with Crippen molar-refractivity contribution in [2.75, 3.05) is 39.8 Å². The molecular formula is C20H33N3O3. The lowest BCUT2D eigenvalue weighted by Gasteiger charge is -2.40. The van der Waals surface area contributed by atoms with Gasteiger partial charge in [-0.1, -0.05) is 12.1 Å². The highest BCUT2D eigenvalue weighted by molar-refractivity contribution is 5.68. The van der Waals surface area contributed by atoms with E-state index in [0.29, 0.717) is 25.7 Å². The van der Waals surface area contributed by atoms with Crippen LogP contribution in [-0.2, 0) is 4.74 Å². The van der Waals surface area contributed by atoms with E-state index in [2.05, 4.69) is 17.0 Å². The molecule has 146 valence electrons. The molecule has 1 aliphatic heterocycles. The molecule has 0 saturated carbocycles. The van der Waals surface area contributed by atoms with Gasteiger partial charge in [0.15, 0.2) is 0 Å². The van der Waals surface area contributed by atoms with Gasteiger partial charge in [0.05, 0.1) is 7.11 Å². The molecule has 0 radical (unpaired) electrons. The minimum Gasteiger partial charge on any atom is -0.497 e. The maximum atomic E-state index is 12.3. The normalized spacial score (nSPS) is 17.0. The van der Waals surface area contributed by atoms with Gasteiger partial charge in [-0.15, -0.1) is 0 Å². The first-order chi connectivity index (χ1) is 12.3. The fraction of sp³-hybridized carbons (Fsp3) is 0.650. The van der Waals surface area contributed by atoms with E-state index in [-0.39, 0.29) is 6.09 Å². The Hall–Kier alpha value is -1.79. The summed E-state index contributed by atoms with van der Waals surface area (Å²) >= 11 is 0. The second kappa shape index (κ2) is 9.24. The van der Waals surface area contributed by atoms with Crippen molar-refractivity contribution in [1.82, 2.24) is 9.80 Å². The van der Waals surface area contributed by atoms with Crippen molar-refractivity contribution in [3.05, 3.63) is 29.8 Å². The van der Waals surface area contributed by atoms with E-state index in [1.165, 1.54) is 5.56 Å². The van der Waals surface area contributed by atoms with Crippen LogP contribution in [0.15, 0.2) is 24.3 Å². The second-order valence-corrected chi connectivity index (χ2v) is 7.72. The van der Waals surface area contributed by atoms with Crippen LogP contribution in [0.4, 0.5) is 4.79 Å². The van der Waals surface area contributed by atoms with E-state index in [9.17, 15) is 4.79 Å². The molecule has 0 aromatic heterocycles. The number of hydrogen-bond acceptors (Lipinski definition) is 5. The minimum atomic E-state index is -0.457. The number of ether oxygens (including phenoxy) is 2. The van der Waals surface area contributed by atoms with Crippen molar-refractivity contribution >= 4 is 6.09 Å². The first-order valence-corrected chi connectivity index (χ1v) is 9.40. The zero-order chi connectivity index (χ0) is 19.2. The third kappa shape index (κ3) is 5.88. The first kappa shape index (κ1) is 20.5. The summed E-state index contributed by atoms with van der Waals surface area (Å²) < 4.78 is 10.8. The third-order valence-corrected chi connectivity index (χ3v) is 4.59. The van der Waals surface area contributed by atoms with Gasteiger partial charge >= 0.3 is 6.09 Å². The highest BCUT2D eigenvalue weighted by Gasteiger charge is 2.29. The van der Waals surface area contributed by atoms with E-state index in [4.69, 9.17) is 15.2 Å². The number of rotatable bonds is 6. The average Bonchev–Trinajstić information content (AvgIpc) is 2.61. The molecule has 1 amide bonds. The minimum absolute atomic E-state index is 0.222. The monoisotopic (exact) mass is 363 g/mol. The number of nitrogens with zero attached hydrogens (tertiary/aromatic N) is 2. The lowest BCUT2D eigenvalue weighted by Crippen LogP contribution is -2.50. The standard InChI is InChI=1S/C20H33N3O3/c1-20(2,3)26-19(24)23-14-12-22(13-15-23)18(6-5-11-21)16-7-9-17(25-4)10-8-16/h7-10,18H,5-6,11-15,21H2,1-4H3. The highest BCUT2D eigenvalue weighted by atomic mass is 16.6. The van der Waals surface area contributed by atoms with Crippen LogP contribution >= 0.6 is 0 Å². The largest absolute Gasteiger partial charge is 0.497 e. The number of carbonyl (C=O) groups is 1. The fourth-order valence-electron chi connectivity index (χ4n) is 3.24. The van der Waals surface area contributed by atoms with Crippen molar-refractivity contribution in [2.45, 2.75) is 45.3 Å². The smallest absolute Gasteiger partial charge is 0.410 e. The van der Waals surface area contributed by atoms with E-state index in [1.54, 1.807) is 12.0 Å². The van der Waals surface area contributed by atoms with Gasteiger partial charge in [-0.3, -0.25) is 4.90 Å². The van der Waals surface area contributed by atoms with Gasteiger partial charge in [0.25, 0.3) is 0 Å². The quantitative estimate of drug-likeness (QED) is 0.841. The molecule has 2 rings (SSSR count). The van der Waals surface area contributed by atoms with Crippen molar-refractivity contribution in [3.8, 4) is 5.75 Å². The molecule has 1 atom stereocenters. The predicted octanol–water partition coefficient (Wildman–Crippen LogP) is 3.03. The number of methoxy groups -OCH3 is 1. The number of amides is 1.